The second-order valence-corrected chi connectivity index (χ2v) is 7.89. The Kier molecular flexibility index (Phi) is 7.95. The molecular weight excluding hydrogens is 426 g/mol. The van der Waals surface area contributed by atoms with Crippen LogP contribution in [0.5, 0.6) is 11.5 Å². The van der Waals surface area contributed by atoms with E-state index in [2.05, 4.69) is 5.10 Å². The number of likely N-dealkylation sites (N-methyl/N-ethyl adjacent to an activating group) is 1. The van der Waals surface area contributed by atoms with E-state index in [4.69, 9.17) is 21.1 Å². The summed E-state index contributed by atoms with van der Waals surface area (Å²) in [5.74, 6) is 1.40. The van der Waals surface area contributed by atoms with Gasteiger partial charge in [0.2, 0.25) is 5.91 Å². The Hall–Kier alpha value is -3.25. The summed E-state index contributed by atoms with van der Waals surface area (Å²) >= 11 is 6.21. The van der Waals surface area contributed by atoms with E-state index < -0.39 is 0 Å². The maximum Gasteiger partial charge on any atom is 0.246 e. The van der Waals surface area contributed by atoms with Gasteiger partial charge < -0.3 is 14.4 Å². The van der Waals surface area contributed by atoms with E-state index in [-0.39, 0.29) is 5.91 Å². The smallest absolute Gasteiger partial charge is 0.246 e. The Labute approximate surface area is 194 Å². The van der Waals surface area contributed by atoms with Crippen LogP contribution < -0.4 is 9.47 Å². The third-order valence-electron chi connectivity index (χ3n) is 4.98. The topological polar surface area (TPSA) is 56.6 Å². The summed E-state index contributed by atoms with van der Waals surface area (Å²) in [6.07, 6.45) is 5.08. The Morgan fingerprint density at radius 2 is 2.06 bits per heavy atom. The lowest BCUT2D eigenvalue weighted by molar-refractivity contribution is -0.125. The number of ether oxygens (including phenoxy) is 2. The van der Waals surface area contributed by atoms with E-state index in [9.17, 15) is 4.79 Å². The van der Waals surface area contributed by atoms with Crippen molar-refractivity contribution in [2.45, 2.75) is 33.5 Å². The van der Waals surface area contributed by atoms with Crippen molar-refractivity contribution in [3.05, 3.63) is 82.1 Å². The van der Waals surface area contributed by atoms with Gasteiger partial charge in [0.25, 0.3) is 0 Å². The summed E-state index contributed by atoms with van der Waals surface area (Å²) in [5, 5.41) is 4.95. The number of methoxy groups -OCH3 is 1. The van der Waals surface area contributed by atoms with Crippen LogP contribution in [0.3, 0.4) is 0 Å². The molecule has 1 amide bonds. The molecule has 0 aliphatic heterocycles. The minimum Gasteiger partial charge on any atom is -0.496 e. The number of hydrogen-bond donors (Lipinski definition) is 0. The van der Waals surface area contributed by atoms with Crippen molar-refractivity contribution in [3.8, 4) is 11.5 Å². The first-order valence-electron chi connectivity index (χ1n) is 10.4. The zero-order chi connectivity index (χ0) is 23.1. The number of benzene rings is 2. The summed E-state index contributed by atoms with van der Waals surface area (Å²) in [6.45, 7) is 5.44. The summed E-state index contributed by atoms with van der Waals surface area (Å²) in [5.41, 5.74) is 3.59. The lowest BCUT2D eigenvalue weighted by Crippen LogP contribution is -2.24. The molecule has 168 valence electrons. The monoisotopic (exact) mass is 453 g/mol. The molecule has 32 heavy (non-hydrogen) atoms. The van der Waals surface area contributed by atoms with E-state index in [1.165, 1.54) is 6.08 Å². The van der Waals surface area contributed by atoms with E-state index in [1.807, 2.05) is 56.3 Å². The fourth-order valence-electron chi connectivity index (χ4n) is 3.18. The molecule has 1 heterocycles. The third-order valence-corrected chi connectivity index (χ3v) is 5.30. The lowest BCUT2D eigenvalue weighted by Gasteiger charge is -2.14. The van der Waals surface area contributed by atoms with Crippen LogP contribution in [0.2, 0.25) is 5.02 Å². The number of nitrogens with zero attached hydrogens (tertiary/aromatic N) is 3. The van der Waals surface area contributed by atoms with Gasteiger partial charge in [0.1, 0.15) is 23.8 Å². The first-order chi connectivity index (χ1) is 15.4. The predicted molar refractivity (Wildman–Crippen MR) is 127 cm³/mol. The van der Waals surface area contributed by atoms with Crippen LogP contribution in [0, 0.1) is 6.92 Å². The van der Waals surface area contributed by atoms with E-state index >= 15 is 0 Å². The fraction of sp³-hybridized carbons (Fsp3) is 0.280. The first-order valence-corrected chi connectivity index (χ1v) is 10.8. The van der Waals surface area contributed by atoms with Crippen molar-refractivity contribution in [1.82, 2.24) is 14.7 Å². The molecule has 1 aromatic heterocycles. The van der Waals surface area contributed by atoms with Gasteiger partial charge in [-0.3, -0.25) is 9.48 Å². The number of carbonyl (C=O) groups excluding carboxylic acids is 1. The highest BCUT2D eigenvalue weighted by Gasteiger charge is 2.12. The summed E-state index contributed by atoms with van der Waals surface area (Å²) in [7, 11) is 3.35. The molecule has 0 unspecified atom stereocenters. The van der Waals surface area contributed by atoms with E-state index in [1.54, 1.807) is 36.0 Å². The molecule has 0 saturated heterocycles. The van der Waals surface area contributed by atoms with Crippen molar-refractivity contribution >= 4 is 23.6 Å². The van der Waals surface area contributed by atoms with Crippen molar-refractivity contribution in [1.29, 1.82) is 0 Å². The number of carbonyl (C=O) groups is 1. The second-order valence-electron chi connectivity index (χ2n) is 7.48. The normalized spacial score (nSPS) is 11.0. The van der Waals surface area contributed by atoms with Gasteiger partial charge >= 0.3 is 0 Å². The molecule has 0 bridgehead atoms. The highest BCUT2D eigenvalue weighted by atomic mass is 35.5. The van der Waals surface area contributed by atoms with Gasteiger partial charge in [0.15, 0.2) is 0 Å². The molecular formula is C25H28ClN3O3. The minimum atomic E-state index is -0.138. The number of aryl methyl sites for hydroxylation is 2. The van der Waals surface area contributed by atoms with Gasteiger partial charge in [-0.05, 0) is 55.3 Å². The maximum absolute atomic E-state index is 12.6. The lowest BCUT2D eigenvalue weighted by atomic mass is 10.1. The molecule has 7 heteroatoms. The summed E-state index contributed by atoms with van der Waals surface area (Å²) in [6, 6.07) is 13.6. The molecule has 3 aromatic rings. The average molecular weight is 454 g/mol. The molecule has 2 aromatic carbocycles. The number of amides is 1. The number of rotatable bonds is 9. The van der Waals surface area contributed by atoms with Crippen molar-refractivity contribution < 1.29 is 14.3 Å². The number of aromatic nitrogens is 2. The third kappa shape index (κ3) is 6.14. The van der Waals surface area contributed by atoms with Crippen LogP contribution in [-0.2, 0) is 24.5 Å². The van der Waals surface area contributed by atoms with Crippen LogP contribution in [0.25, 0.3) is 6.08 Å². The first kappa shape index (κ1) is 23.4. The quantitative estimate of drug-likeness (QED) is 0.422. The Balaban J connectivity index is 1.67. The van der Waals surface area contributed by atoms with Gasteiger partial charge in [-0.2, -0.15) is 5.10 Å². The molecule has 0 N–H and O–H groups in total. The number of halogens is 1. The standard InChI is InChI=1S/C25H28ClN3O3/c1-5-29-15-22(26)23(27-29)16-28(3)25(30)12-10-19-9-11-24(31-4)20(14-19)17-32-21-8-6-7-18(2)13-21/h6-15H,5,16-17H2,1-4H3/b12-10+. The van der Waals surface area contributed by atoms with E-state index in [0.717, 1.165) is 34.7 Å². The van der Waals surface area contributed by atoms with Crippen LogP contribution >= 0.6 is 11.6 Å². The largest absolute Gasteiger partial charge is 0.496 e. The molecule has 3 rings (SSSR count). The summed E-state index contributed by atoms with van der Waals surface area (Å²) < 4.78 is 13.1. The molecule has 0 aliphatic rings. The second kappa shape index (κ2) is 10.9. The summed E-state index contributed by atoms with van der Waals surface area (Å²) in [4.78, 5) is 14.2. The number of hydrogen-bond acceptors (Lipinski definition) is 4. The predicted octanol–water partition coefficient (Wildman–Crippen LogP) is 5.12. The zero-order valence-electron chi connectivity index (χ0n) is 18.8. The Bertz CT molecular complexity index is 1110. The molecule has 0 radical (unpaired) electrons. The highest BCUT2D eigenvalue weighted by Crippen LogP contribution is 2.23. The zero-order valence-corrected chi connectivity index (χ0v) is 19.6. The van der Waals surface area contributed by atoms with Crippen LogP contribution in [0.4, 0.5) is 0 Å². The Morgan fingerprint density at radius 1 is 1.25 bits per heavy atom. The Morgan fingerprint density at radius 3 is 2.75 bits per heavy atom. The van der Waals surface area contributed by atoms with Gasteiger partial charge in [0.05, 0.1) is 18.7 Å². The molecule has 0 fully saturated rings. The van der Waals surface area contributed by atoms with Gasteiger partial charge in [-0.25, -0.2) is 0 Å². The minimum absolute atomic E-state index is 0.138. The molecule has 6 nitrogen and oxygen atoms in total. The van der Waals surface area contributed by atoms with E-state index in [0.29, 0.717) is 23.9 Å². The molecule has 0 atom stereocenters. The van der Waals surface area contributed by atoms with Crippen LogP contribution in [-0.4, -0.2) is 34.7 Å². The van der Waals surface area contributed by atoms with Crippen molar-refractivity contribution in [3.63, 3.8) is 0 Å². The molecule has 0 spiro atoms. The van der Waals surface area contributed by atoms with Crippen LogP contribution in [0.1, 0.15) is 29.3 Å². The van der Waals surface area contributed by atoms with Crippen molar-refractivity contribution in [2.75, 3.05) is 14.2 Å². The fourth-order valence-corrected chi connectivity index (χ4v) is 3.39. The average Bonchev–Trinajstić information content (AvgIpc) is 3.15. The van der Waals surface area contributed by atoms with Gasteiger partial charge in [-0.15, -0.1) is 0 Å². The van der Waals surface area contributed by atoms with Gasteiger partial charge in [0, 0.05) is 31.4 Å². The highest BCUT2D eigenvalue weighted by molar-refractivity contribution is 6.31. The van der Waals surface area contributed by atoms with Gasteiger partial charge in [-0.1, -0.05) is 29.8 Å². The molecule has 0 aliphatic carbocycles. The van der Waals surface area contributed by atoms with Crippen LogP contribution in [0.15, 0.2) is 54.7 Å². The SMILES string of the molecule is CCn1cc(Cl)c(CN(C)C(=O)/C=C/c2ccc(OC)c(COc3cccc(C)c3)c2)n1. The molecule has 0 saturated carbocycles. The van der Waals surface area contributed by atoms with Crippen molar-refractivity contribution in [2.24, 2.45) is 0 Å². The maximum atomic E-state index is 12.6.